The van der Waals surface area contributed by atoms with Gasteiger partial charge < -0.3 is 16.2 Å². The fourth-order valence-corrected chi connectivity index (χ4v) is 2.29. The molecule has 0 aliphatic heterocycles. The summed E-state index contributed by atoms with van der Waals surface area (Å²) in [5, 5.41) is 22.1. The maximum atomic E-state index is 10.0. The van der Waals surface area contributed by atoms with Crippen LogP contribution in [0.3, 0.4) is 0 Å². The molecular formula is C13H18N4O. The van der Waals surface area contributed by atoms with Crippen LogP contribution in [0.5, 0.6) is 0 Å². The van der Waals surface area contributed by atoms with Crippen LogP contribution in [-0.4, -0.2) is 22.2 Å². The summed E-state index contributed by atoms with van der Waals surface area (Å²) in [5.74, 6) is 0.603. The lowest BCUT2D eigenvalue weighted by molar-refractivity contribution is 0.144. The van der Waals surface area contributed by atoms with E-state index in [4.69, 9.17) is 11.0 Å². The van der Waals surface area contributed by atoms with Crippen LogP contribution in [0.4, 0.5) is 11.5 Å². The third kappa shape index (κ3) is 2.90. The summed E-state index contributed by atoms with van der Waals surface area (Å²) in [6, 6.07) is 5.37. The van der Waals surface area contributed by atoms with E-state index in [-0.39, 0.29) is 17.8 Å². The van der Waals surface area contributed by atoms with Crippen molar-refractivity contribution < 1.29 is 5.11 Å². The number of nitrogen functional groups attached to an aromatic ring is 1. The third-order valence-corrected chi connectivity index (χ3v) is 3.35. The first-order chi connectivity index (χ1) is 8.70. The summed E-state index contributed by atoms with van der Waals surface area (Å²) in [5.41, 5.74) is 6.23. The maximum Gasteiger partial charge on any atom is 0.165 e. The van der Waals surface area contributed by atoms with Gasteiger partial charge >= 0.3 is 0 Å². The van der Waals surface area contributed by atoms with Crippen molar-refractivity contribution in [3.8, 4) is 6.07 Å². The fraction of sp³-hybridized carbons (Fsp3) is 0.538. The number of hydrogen-bond donors (Lipinski definition) is 3. The van der Waals surface area contributed by atoms with Crippen LogP contribution in [-0.2, 0) is 0 Å². The highest BCUT2D eigenvalue weighted by molar-refractivity contribution is 5.54. The molecule has 1 saturated carbocycles. The normalized spacial score (nSPS) is 24.0. The van der Waals surface area contributed by atoms with Gasteiger partial charge in [0.15, 0.2) is 5.69 Å². The van der Waals surface area contributed by atoms with Crippen molar-refractivity contribution in [2.45, 2.75) is 44.2 Å². The van der Waals surface area contributed by atoms with Crippen LogP contribution >= 0.6 is 0 Å². The van der Waals surface area contributed by atoms with Crippen LogP contribution in [0.2, 0.25) is 0 Å². The molecular weight excluding hydrogens is 228 g/mol. The molecule has 2 atom stereocenters. The second kappa shape index (κ2) is 5.69. The predicted molar refractivity (Wildman–Crippen MR) is 69.9 cm³/mol. The number of nitrogens with zero attached hydrogens (tertiary/aromatic N) is 2. The lowest BCUT2D eigenvalue weighted by Gasteiger charge is -2.22. The smallest absolute Gasteiger partial charge is 0.165 e. The van der Waals surface area contributed by atoms with Crippen LogP contribution in [0.1, 0.15) is 37.8 Å². The lowest BCUT2D eigenvalue weighted by Crippen LogP contribution is -2.32. The monoisotopic (exact) mass is 246 g/mol. The summed E-state index contributed by atoms with van der Waals surface area (Å²) in [6.07, 6.45) is 4.73. The largest absolute Gasteiger partial charge is 0.396 e. The van der Waals surface area contributed by atoms with E-state index in [0.717, 1.165) is 32.1 Å². The molecule has 0 bridgehead atoms. The third-order valence-electron chi connectivity index (χ3n) is 3.35. The predicted octanol–water partition coefficient (Wildman–Crippen LogP) is 1.64. The first-order valence-corrected chi connectivity index (χ1v) is 6.32. The molecule has 1 aromatic rings. The number of nitrogens with two attached hydrogens (primary N) is 1. The van der Waals surface area contributed by atoms with Gasteiger partial charge in [0.25, 0.3) is 0 Å². The minimum atomic E-state index is -0.350. The van der Waals surface area contributed by atoms with Gasteiger partial charge in [0.1, 0.15) is 11.9 Å². The summed E-state index contributed by atoms with van der Waals surface area (Å²) < 4.78 is 0. The zero-order valence-electron chi connectivity index (χ0n) is 10.3. The van der Waals surface area contributed by atoms with Crippen molar-refractivity contribution in [1.82, 2.24) is 4.98 Å². The van der Waals surface area contributed by atoms with E-state index in [1.807, 2.05) is 6.07 Å². The van der Waals surface area contributed by atoms with E-state index < -0.39 is 0 Å². The Hall–Kier alpha value is -1.80. The molecule has 1 aliphatic rings. The summed E-state index contributed by atoms with van der Waals surface area (Å²) in [6.45, 7) is 0. The molecule has 4 N–H and O–H groups in total. The van der Waals surface area contributed by atoms with Gasteiger partial charge in [-0.25, -0.2) is 4.98 Å². The number of aromatic nitrogens is 1. The summed E-state index contributed by atoms with van der Waals surface area (Å²) >= 11 is 0. The molecule has 0 saturated heterocycles. The number of anilines is 2. The van der Waals surface area contributed by atoms with Gasteiger partial charge in [0.2, 0.25) is 0 Å². The standard InChI is InChI=1S/C13H18N4O/c14-8-11-9(15)6-7-13(17-11)16-10-4-2-1-3-5-12(10)18/h6-7,10,12,18H,1-5,15H2,(H,16,17). The fourth-order valence-electron chi connectivity index (χ4n) is 2.29. The van der Waals surface area contributed by atoms with Gasteiger partial charge in [0, 0.05) is 0 Å². The average Bonchev–Trinajstić information content (AvgIpc) is 2.57. The zero-order chi connectivity index (χ0) is 13.0. The SMILES string of the molecule is N#Cc1nc(NC2CCCCCC2O)ccc1N. The van der Waals surface area contributed by atoms with Crippen molar-refractivity contribution in [3.63, 3.8) is 0 Å². The van der Waals surface area contributed by atoms with Crippen molar-refractivity contribution in [2.24, 2.45) is 0 Å². The van der Waals surface area contributed by atoms with Crippen molar-refractivity contribution in [1.29, 1.82) is 5.26 Å². The second-order valence-electron chi connectivity index (χ2n) is 4.70. The molecule has 5 nitrogen and oxygen atoms in total. The molecule has 18 heavy (non-hydrogen) atoms. The van der Waals surface area contributed by atoms with E-state index >= 15 is 0 Å². The number of aliphatic hydroxyl groups excluding tert-OH is 1. The van der Waals surface area contributed by atoms with Crippen molar-refractivity contribution >= 4 is 11.5 Å². The molecule has 0 aromatic carbocycles. The second-order valence-corrected chi connectivity index (χ2v) is 4.70. The number of pyridine rings is 1. The van der Waals surface area contributed by atoms with E-state index in [2.05, 4.69) is 10.3 Å². The van der Waals surface area contributed by atoms with Gasteiger partial charge in [-0.3, -0.25) is 0 Å². The molecule has 1 heterocycles. The summed E-state index contributed by atoms with van der Waals surface area (Å²) in [7, 11) is 0. The van der Waals surface area contributed by atoms with Crippen LogP contribution in [0.25, 0.3) is 0 Å². The topological polar surface area (TPSA) is 95.0 Å². The highest BCUT2D eigenvalue weighted by Crippen LogP contribution is 2.21. The first kappa shape index (κ1) is 12.7. The number of rotatable bonds is 2. The number of nitriles is 1. The average molecular weight is 246 g/mol. The summed E-state index contributed by atoms with van der Waals surface area (Å²) in [4.78, 5) is 4.14. The molecule has 96 valence electrons. The van der Waals surface area contributed by atoms with E-state index in [1.165, 1.54) is 0 Å². The maximum absolute atomic E-state index is 10.0. The minimum absolute atomic E-state index is 0.00941. The zero-order valence-corrected chi connectivity index (χ0v) is 10.3. The number of hydrogen-bond acceptors (Lipinski definition) is 5. The van der Waals surface area contributed by atoms with E-state index in [0.29, 0.717) is 11.5 Å². The molecule has 1 aliphatic carbocycles. The van der Waals surface area contributed by atoms with E-state index in [1.54, 1.807) is 12.1 Å². The molecule has 5 heteroatoms. The molecule has 1 aromatic heterocycles. The van der Waals surface area contributed by atoms with E-state index in [9.17, 15) is 5.11 Å². The lowest BCUT2D eigenvalue weighted by atomic mass is 10.1. The van der Waals surface area contributed by atoms with Gasteiger partial charge in [-0.05, 0) is 25.0 Å². The first-order valence-electron chi connectivity index (χ1n) is 6.32. The Balaban J connectivity index is 2.10. The van der Waals surface area contributed by atoms with Gasteiger partial charge in [-0.2, -0.15) is 5.26 Å². The Bertz CT molecular complexity index is 455. The number of aliphatic hydroxyl groups is 1. The Morgan fingerprint density at radius 1 is 1.33 bits per heavy atom. The molecule has 0 spiro atoms. The molecule has 0 radical (unpaired) electrons. The van der Waals surface area contributed by atoms with Crippen molar-refractivity contribution in [3.05, 3.63) is 17.8 Å². The van der Waals surface area contributed by atoms with Crippen LogP contribution in [0.15, 0.2) is 12.1 Å². The van der Waals surface area contributed by atoms with Crippen LogP contribution < -0.4 is 11.1 Å². The van der Waals surface area contributed by atoms with Crippen molar-refractivity contribution in [2.75, 3.05) is 11.1 Å². The Labute approximate surface area is 107 Å². The van der Waals surface area contributed by atoms with Gasteiger partial charge in [-0.1, -0.05) is 19.3 Å². The van der Waals surface area contributed by atoms with Gasteiger partial charge in [0.05, 0.1) is 17.8 Å². The quantitative estimate of drug-likeness (QED) is 0.689. The Kier molecular flexibility index (Phi) is 4.00. The highest BCUT2D eigenvalue weighted by Gasteiger charge is 2.21. The molecule has 1 fully saturated rings. The number of nitrogens with one attached hydrogen (secondary N) is 1. The molecule has 2 rings (SSSR count). The Morgan fingerprint density at radius 3 is 2.89 bits per heavy atom. The highest BCUT2D eigenvalue weighted by atomic mass is 16.3. The van der Waals surface area contributed by atoms with Gasteiger partial charge in [-0.15, -0.1) is 0 Å². The van der Waals surface area contributed by atoms with Crippen LogP contribution in [0, 0.1) is 11.3 Å². The minimum Gasteiger partial charge on any atom is -0.396 e. The molecule has 2 unspecified atom stereocenters. The Morgan fingerprint density at radius 2 is 2.11 bits per heavy atom. The molecule has 0 amide bonds.